The number of anilines is 1. The number of benzene rings is 1. The molecule has 0 saturated carbocycles. The van der Waals surface area contributed by atoms with Gasteiger partial charge in [0.1, 0.15) is 12.4 Å². The summed E-state index contributed by atoms with van der Waals surface area (Å²) < 4.78 is 7.54. The van der Waals surface area contributed by atoms with Gasteiger partial charge in [0.2, 0.25) is 0 Å². The molecule has 1 aromatic carbocycles. The molecule has 0 saturated heterocycles. The standard InChI is InChI=1S/C17H16BrN3O3S/c18-10-1-3-11(4-2-10)24-9-14-12-7-20-8-13(15(12)25-16(14)19)17(23)21-5-6-22/h1-4,7-8,22H,5-6,9,19H2,(H,21,23). The molecular formula is C17H16BrN3O3S. The second kappa shape index (κ2) is 7.81. The largest absolute Gasteiger partial charge is 0.489 e. The molecule has 0 radical (unpaired) electrons. The predicted molar refractivity (Wildman–Crippen MR) is 102 cm³/mol. The maximum Gasteiger partial charge on any atom is 0.254 e. The lowest BCUT2D eigenvalue weighted by molar-refractivity contribution is 0.0946. The summed E-state index contributed by atoms with van der Waals surface area (Å²) in [5, 5.41) is 12.9. The molecule has 0 bridgehead atoms. The lowest BCUT2D eigenvalue weighted by Crippen LogP contribution is -2.26. The number of hydrogen-bond acceptors (Lipinski definition) is 6. The van der Waals surface area contributed by atoms with E-state index >= 15 is 0 Å². The number of nitrogens with two attached hydrogens (primary N) is 1. The maximum atomic E-state index is 12.2. The minimum Gasteiger partial charge on any atom is -0.489 e. The van der Waals surface area contributed by atoms with Crippen LogP contribution in [0.15, 0.2) is 41.1 Å². The number of pyridine rings is 1. The number of carbonyl (C=O) groups excluding carboxylic acids is 1. The number of nitrogens with one attached hydrogen (secondary N) is 1. The summed E-state index contributed by atoms with van der Waals surface area (Å²) >= 11 is 4.71. The number of carbonyl (C=O) groups is 1. The summed E-state index contributed by atoms with van der Waals surface area (Å²) in [6, 6.07) is 7.52. The van der Waals surface area contributed by atoms with Crippen molar-refractivity contribution in [1.29, 1.82) is 0 Å². The monoisotopic (exact) mass is 421 g/mol. The van der Waals surface area contributed by atoms with E-state index in [1.165, 1.54) is 17.5 Å². The van der Waals surface area contributed by atoms with Crippen LogP contribution in [-0.4, -0.2) is 29.1 Å². The van der Waals surface area contributed by atoms with Crippen molar-refractivity contribution in [1.82, 2.24) is 10.3 Å². The highest BCUT2D eigenvalue weighted by molar-refractivity contribution is 9.10. The lowest BCUT2D eigenvalue weighted by Gasteiger charge is -2.07. The van der Waals surface area contributed by atoms with Crippen LogP contribution in [0.5, 0.6) is 5.75 Å². The number of nitrogens with zero attached hydrogens (tertiary/aromatic N) is 1. The molecule has 130 valence electrons. The Labute approximate surface area is 156 Å². The van der Waals surface area contributed by atoms with Crippen LogP contribution < -0.4 is 15.8 Å². The molecule has 8 heteroatoms. The minimum absolute atomic E-state index is 0.117. The van der Waals surface area contributed by atoms with Crippen LogP contribution in [0, 0.1) is 0 Å². The first-order chi connectivity index (χ1) is 12.1. The van der Waals surface area contributed by atoms with Crippen molar-refractivity contribution in [2.75, 3.05) is 18.9 Å². The Hall–Kier alpha value is -2.16. The zero-order valence-electron chi connectivity index (χ0n) is 13.2. The van der Waals surface area contributed by atoms with Crippen LogP contribution >= 0.6 is 27.3 Å². The lowest BCUT2D eigenvalue weighted by atomic mass is 10.1. The average Bonchev–Trinajstić information content (AvgIpc) is 2.94. The summed E-state index contributed by atoms with van der Waals surface area (Å²) in [6.45, 7) is 0.362. The van der Waals surface area contributed by atoms with E-state index < -0.39 is 0 Å². The van der Waals surface area contributed by atoms with Crippen LogP contribution in [0.25, 0.3) is 10.1 Å². The zero-order chi connectivity index (χ0) is 17.8. The number of aromatic nitrogens is 1. The zero-order valence-corrected chi connectivity index (χ0v) is 15.6. The number of amides is 1. The van der Waals surface area contributed by atoms with Crippen molar-refractivity contribution < 1.29 is 14.6 Å². The molecule has 25 heavy (non-hydrogen) atoms. The number of aliphatic hydroxyl groups is 1. The Balaban J connectivity index is 1.87. The topological polar surface area (TPSA) is 97.5 Å². The first kappa shape index (κ1) is 17.7. The molecule has 0 aliphatic heterocycles. The Morgan fingerprint density at radius 3 is 2.80 bits per heavy atom. The number of nitrogen functional groups attached to an aromatic ring is 1. The van der Waals surface area contributed by atoms with Crippen LogP contribution in [-0.2, 0) is 6.61 Å². The maximum absolute atomic E-state index is 12.2. The van der Waals surface area contributed by atoms with Crippen LogP contribution in [0.2, 0.25) is 0 Å². The Bertz CT molecular complexity index is 896. The van der Waals surface area contributed by atoms with Crippen molar-refractivity contribution >= 4 is 48.3 Å². The van der Waals surface area contributed by atoms with Crippen molar-refractivity contribution in [3.63, 3.8) is 0 Å². The normalized spacial score (nSPS) is 10.8. The summed E-state index contributed by atoms with van der Waals surface area (Å²) in [5.74, 6) is 0.445. The number of thiophene rings is 1. The van der Waals surface area contributed by atoms with Crippen LogP contribution in [0.1, 0.15) is 15.9 Å². The van der Waals surface area contributed by atoms with E-state index in [1.54, 1.807) is 6.20 Å². The van der Waals surface area contributed by atoms with Crippen molar-refractivity contribution in [3.05, 3.63) is 52.3 Å². The molecule has 3 rings (SSSR count). The number of ether oxygens (including phenoxy) is 1. The highest BCUT2D eigenvalue weighted by atomic mass is 79.9. The molecule has 0 unspecified atom stereocenters. The molecular weight excluding hydrogens is 406 g/mol. The van der Waals surface area contributed by atoms with Gasteiger partial charge in [0.25, 0.3) is 5.91 Å². The number of halogens is 1. The third-order valence-corrected chi connectivity index (χ3v) is 5.21. The highest BCUT2D eigenvalue weighted by Crippen LogP contribution is 2.36. The van der Waals surface area contributed by atoms with Gasteiger partial charge < -0.3 is 20.9 Å². The van der Waals surface area contributed by atoms with Crippen LogP contribution in [0.4, 0.5) is 5.00 Å². The number of fused-ring (bicyclic) bond motifs is 1. The third kappa shape index (κ3) is 3.92. The SMILES string of the molecule is Nc1sc2c(C(=O)NCCO)cncc2c1COc1ccc(Br)cc1. The Kier molecular flexibility index (Phi) is 5.52. The van der Waals surface area contributed by atoms with Crippen molar-refractivity contribution in [3.8, 4) is 5.75 Å². The average molecular weight is 422 g/mol. The fourth-order valence-electron chi connectivity index (χ4n) is 2.34. The molecule has 0 atom stereocenters. The van der Waals surface area contributed by atoms with Gasteiger partial charge in [-0.25, -0.2) is 0 Å². The van der Waals surface area contributed by atoms with E-state index in [-0.39, 0.29) is 25.7 Å². The Morgan fingerprint density at radius 1 is 1.32 bits per heavy atom. The minimum atomic E-state index is -0.284. The molecule has 4 N–H and O–H groups in total. The van der Waals surface area contributed by atoms with E-state index in [2.05, 4.69) is 26.2 Å². The molecule has 1 amide bonds. The highest BCUT2D eigenvalue weighted by Gasteiger charge is 2.17. The van der Waals surface area contributed by atoms with E-state index in [0.717, 1.165) is 25.9 Å². The van der Waals surface area contributed by atoms with Gasteiger partial charge in [-0.05, 0) is 24.3 Å². The molecule has 0 spiro atoms. The van der Waals surface area contributed by atoms with E-state index in [1.807, 2.05) is 24.3 Å². The molecule has 3 aromatic rings. The predicted octanol–water partition coefficient (Wildman–Crippen LogP) is 2.94. The van der Waals surface area contributed by atoms with E-state index in [4.69, 9.17) is 15.6 Å². The fourth-order valence-corrected chi connectivity index (χ4v) is 3.66. The first-order valence-corrected chi connectivity index (χ1v) is 9.13. The fraction of sp³-hybridized carbons (Fsp3) is 0.176. The molecule has 0 fully saturated rings. The number of rotatable bonds is 6. The molecule has 2 aromatic heterocycles. The molecule has 6 nitrogen and oxygen atoms in total. The van der Waals surface area contributed by atoms with Gasteiger partial charge >= 0.3 is 0 Å². The second-order valence-corrected chi connectivity index (χ2v) is 7.20. The molecule has 0 aliphatic carbocycles. The number of aliphatic hydroxyl groups excluding tert-OH is 1. The quantitative estimate of drug-likeness (QED) is 0.568. The summed E-state index contributed by atoms with van der Waals surface area (Å²) in [5.41, 5.74) is 7.40. The van der Waals surface area contributed by atoms with Gasteiger partial charge in [0, 0.05) is 34.4 Å². The van der Waals surface area contributed by atoms with Crippen LogP contribution in [0.3, 0.4) is 0 Å². The first-order valence-electron chi connectivity index (χ1n) is 7.52. The summed E-state index contributed by atoms with van der Waals surface area (Å²) in [7, 11) is 0. The Morgan fingerprint density at radius 2 is 2.08 bits per heavy atom. The van der Waals surface area contributed by atoms with E-state index in [9.17, 15) is 4.79 Å². The third-order valence-electron chi connectivity index (χ3n) is 3.57. The van der Waals surface area contributed by atoms with Gasteiger partial charge in [-0.2, -0.15) is 0 Å². The number of hydrogen-bond donors (Lipinski definition) is 3. The van der Waals surface area contributed by atoms with Gasteiger partial charge in [-0.15, -0.1) is 11.3 Å². The van der Waals surface area contributed by atoms with Crippen molar-refractivity contribution in [2.24, 2.45) is 0 Å². The molecule has 0 aliphatic rings. The smallest absolute Gasteiger partial charge is 0.254 e. The van der Waals surface area contributed by atoms with Gasteiger partial charge in [-0.3, -0.25) is 9.78 Å². The van der Waals surface area contributed by atoms with E-state index in [0.29, 0.717) is 10.6 Å². The molecule has 2 heterocycles. The summed E-state index contributed by atoms with van der Waals surface area (Å²) in [4.78, 5) is 16.4. The van der Waals surface area contributed by atoms with Gasteiger partial charge in [0.15, 0.2) is 0 Å². The van der Waals surface area contributed by atoms with Gasteiger partial charge in [-0.1, -0.05) is 15.9 Å². The second-order valence-electron chi connectivity index (χ2n) is 5.23. The van der Waals surface area contributed by atoms with Gasteiger partial charge in [0.05, 0.1) is 21.9 Å². The summed E-state index contributed by atoms with van der Waals surface area (Å²) in [6.07, 6.45) is 3.19. The van der Waals surface area contributed by atoms with Crippen molar-refractivity contribution in [2.45, 2.75) is 6.61 Å².